The van der Waals surface area contributed by atoms with Gasteiger partial charge in [-0.05, 0) is 46.3 Å². The Kier molecular flexibility index (Phi) is 11.0. The van der Waals surface area contributed by atoms with Crippen molar-refractivity contribution in [2.75, 3.05) is 33.7 Å². The van der Waals surface area contributed by atoms with Crippen molar-refractivity contribution in [3.63, 3.8) is 0 Å². The Morgan fingerprint density at radius 2 is 1.53 bits per heavy atom. The van der Waals surface area contributed by atoms with E-state index in [2.05, 4.69) is 15.5 Å². The summed E-state index contributed by atoms with van der Waals surface area (Å²) in [7, 11) is 4.06. The molecule has 0 aliphatic rings. The number of carbonyl (C=O) groups excluding carboxylic acids is 1. The van der Waals surface area contributed by atoms with E-state index in [1.807, 2.05) is 14.1 Å². The van der Waals surface area contributed by atoms with Crippen LogP contribution in [0.2, 0.25) is 0 Å². The Morgan fingerprint density at radius 1 is 0.947 bits per heavy atom. The number of rotatable bonds is 11. The summed E-state index contributed by atoms with van der Waals surface area (Å²) in [5.41, 5.74) is 0. The van der Waals surface area contributed by atoms with E-state index in [0.29, 0.717) is 19.5 Å². The van der Waals surface area contributed by atoms with E-state index in [9.17, 15) is 9.59 Å². The maximum Gasteiger partial charge on any atom is 0.314 e. The smallest absolute Gasteiger partial charge is 0.314 e. The highest BCUT2D eigenvalue weighted by molar-refractivity contribution is 5.73. The molecule has 19 heavy (non-hydrogen) atoms. The van der Waals surface area contributed by atoms with Crippen LogP contribution in [0.3, 0.4) is 0 Å². The molecule has 0 radical (unpaired) electrons. The molecule has 6 nitrogen and oxygen atoms in total. The monoisotopic (exact) mass is 273 g/mol. The van der Waals surface area contributed by atoms with Crippen LogP contribution in [0, 0.1) is 0 Å². The van der Waals surface area contributed by atoms with Gasteiger partial charge in [-0.15, -0.1) is 0 Å². The van der Waals surface area contributed by atoms with Gasteiger partial charge in [-0.2, -0.15) is 0 Å². The summed E-state index contributed by atoms with van der Waals surface area (Å²) in [5.74, 6) is -0.761. The van der Waals surface area contributed by atoms with Gasteiger partial charge < -0.3 is 20.6 Å². The molecule has 0 spiro atoms. The first-order chi connectivity index (χ1) is 9.02. The maximum absolute atomic E-state index is 11.4. The summed E-state index contributed by atoms with van der Waals surface area (Å²) in [6.45, 7) is 2.33. The number of urea groups is 1. The fourth-order valence-electron chi connectivity index (χ4n) is 1.60. The van der Waals surface area contributed by atoms with Crippen LogP contribution < -0.4 is 10.6 Å². The molecule has 0 aromatic heterocycles. The van der Waals surface area contributed by atoms with Gasteiger partial charge in [0.2, 0.25) is 0 Å². The molecule has 0 aliphatic heterocycles. The van der Waals surface area contributed by atoms with Crippen LogP contribution in [0.1, 0.15) is 38.5 Å². The molecule has 0 saturated carbocycles. The molecule has 0 saturated heterocycles. The van der Waals surface area contributed by atoms with Crippen LogP contribution >= 0.6 is 0 Å². The van der Waals surface area contributed by atoms with Crippen molar-refractivity contribution in [3.8, 4) is 0 Å². The number of nitrogens with zero attached hydrogens (tertiary/aromatic N) is 1. The van der Waals surface area contributed by atoms with E-state index in [4.69, 9.17) is 5.11 Å². The number of nitrogens with one attached hydrogen (secondary N) is 2. The predicted molar refractivity (Wildman–Crippen MR) is 75.3 cm³/mol. The molecule has 0 atom stereocenters. The van der Waals surface area contributed by atoms with Crippen molar-refractivity contribution in [2.45, 2.75) is 38.5 Å². The molecule has 0 fully saturated rings. The molecule has 0 bridgehead atoms. The molecule has 0 aromatic rings. The quantitative estimate of drug-likeness (QED) is 0.495. The lowest BCUT2D eigenvalue weighted by atomic mass is 10.2. The average molecular weight is 273 g/mol. The predicted octanol–water partition coefficient (Wildman–Crippen LogP) is 1.27. The number of unbranched alkanes of at least 4 members (excludes halogenated alkanes) is 3. The van der Waals surface area contributed by atoms with Crippen LogP contribution in [0.25, 0.3) is 0 Å². The molecule has 6 heteroatoms. The highest BCUT2D eigenvalue weighted by Crippen LogP contribution is 1.98. The Balaban J connectivity index is 3.23. The third kappa shape index (κ3) is 14.6. The normalized spacial score (nSPS) is 10.5. The molecule has 0 aromatic carbocycles. The van der Waals surface area contributed by atoms with E-state index < -0.39 is 5.97 Å². The minimum Gasteiger partial charge on any atom is -0.481 e. The molecule has 0 aliphatic carbocycles. The SMILES string of the molecule is CN(C)CCCCNC(=O)NCCCCCC(=O)O. The van der Waals surface area contributed by atoms with Crippen molar-refractivity contribution in [2.24, 2.45) is 0 Å². The van der Waals surface area contributed by atoms with Gasteiger partial charge >= 0.3 is 12.0 Å². The summed E-state index contributed by atoms with van der Waals surface area (Å²) < 4.78 is 0. The van der Waals surface area contributed by atoms with Gasteiger partial charge in [0, 0.05) is 19.5 Å². The molecular formula is C13H27N3O3. The van der Waals surface area contributed by atoms with Crippen molar-refractivity contribution >= 4 is 12.0 Å². The van der Waals surface area contributed by atoms with E-state index in [1.165, 1.54) is 0 Å². The number of aliphatic carboxylic acids is 1. The van der Waals surface area contributed by atoms with Gasteiger partial charge in [0.1, 0.15) is 0 Å². The molecule has 2 amide bonds. The first kappa shape index (κ1) is 17.7. The lowest BCUT2D eigenvalue weighted by Crippen LogP contribution is -2.36. The third-order valence-corrected chi connectivity index (χ3v) is 2.67. The van der Waals surface area contributed by atoms with Crippen LogP contribution in [0.15, 0.2) is 0 Å². The van der Waals surface area contributed by atoms with Gasteiger partial charge in [0.25, 0.3) is 0 Å². The summed E-state index contributed by atoms with van der Waals surface area (Å²) in [6, 6.07) is -0.136. The number of carbonyl (C=O) groups is 2. The number of amides is 2. The lowest BCUT2D eigenvalue weighted by molar-refractivity contribution is -0.137. The summed E-state index contributed by atoms with van der Waals surface area (Å²) >= 11 is 0. The van der Waals surface area contributed by atoms with Gasteiger partial charge in [-0.3, -0.25) is 4.79 Å². The second-order valence-electron chi connectivity index (χ2n) is 4.90. The molecule has 112 valence electrons. The maximum atomic E-state index is 11.4. The fraction of sp³-hybridized carbons (Fsp3) is 0.846. The van der Waals surface area contributed by atoms with E-state index in [1.54, 1.807) is 0 Å². The zero-order valence-corrected chi connectivity index (χ0v) is 12.1. The van der Waals surface area contributed by atoms with Crippen molar-refractivity contribution in [1.82, 2.24) is 15.5 Å². The number of hydrogen-bond acceptors (Lipinski definition) is 3. The highest BCUT2D eigenvalue weighted by atomic mass is 16.4. The van der Waals surface area contributed by atoms with Gasteiger partial charge in [0.15, 0.2) is 0 Å². The van der Waals surface area contributed by atoms with Crippen LogP contribution in [-0.2, 0) is 4.79 Å². The first-order valence-corrected chi connectivity index (χ1v) is 6.90. The number of hydrogen-bond donors (Lipinski definition) is 3. The minimum atomic E-state index is -0.761. The molecular weight excluding hydrogens is 246 g/mol. The largest absolute Gasteiger partial charge is 0.481 e. The second kappa shape index (κ2) is 11.8. The lowest BCUT2D eigenvalue weighted by Gasteiger charge is -2.10. The molecule has 0 heterocycles. The number of carboxylic acids is 1. The first-order valence-electron chi connectivity index (χ1n) is 6.90. The van der Waals surface area contributed by atoms with Crippen LogP contribution in [-0.4, -0.2) is 55.7 Å². The van der Waals surface area contributed by atoms with Gasteiger partial charge in [-0.25, -0.2) is 4.79 Å². The molecule has 0 rings (SSSR count). The van der Waals surface area contributed by atoms with Crippen molar-refractivity contribution in [3.05, 3.63) is 0 Å². The molecule has 0 unspecified atom stereocenters. The summed E-state index contributed by atoms with van der Waals surface area (Å²) in [4.78, 5) is 23.7. The zero-order chi connectivity index (χ0) is 14.5. The van der Waals surface area contributed by atoms with Crippen LogP contribution in [0.5, 0.6) is 0 Å². The summed E-state index contributed by atoms with van der Waals surface area (Å²) in [6.07, 6.45) is 4.57. The van der Waals surface area contributed by atoms with E-state index >= 15 is 0 Å². The topological polar surface area (TPSA) is 81.7 Å². The third-order valence-electron chi connectivity index (χ3n) is 2.67. The average Bonchev–Trinajstić information content (AvgIpc) is 2.32. The number of carboxylic acid groups (broad SMARTS) is 1. The zero-order valence-electron chi connectivity index (χ0n) is 12.1. The van der Waals surface area contributed by atoms with Gasteiger partial charge in [0.05, 0.1) is 0 Å². The summed E-state index contributed by atoms with van der Waals surface area (Å²) in [5, 5.41) is 14.0. The van der Waals surface area contributed by atoms with E-state index in [-0.39, 0.29) is 12.5 Å². The van der Waals surface area contributed by atoms with Crippen molar-refractivity contribution in [1.29, 1.82) is 0 Å². The standard InChI is InChI=1S/C13H27N3O3/c1-16(2)11-7-6-10-15-13(19)14-9-5-3-4-8-12(17)18/h3-11H2,1-2H3,(H,17,18)(H2,14,15,19). The second-order valence-corrected chi connectivity index (χ2v) is 4.90. The Bertz CT molecular complexity index is 258. The Morgan fingerprint density at radius 3 is 2.05 bits per heavy atom. The van der Waals surface area contributed by atoms with Crippen molar-refractivity contribution < 1.29 is 14.7 Å². The Hall–Kier alpha value is -1.30. The highest BCUT2D eigenvalue weighted by Gasteiger charge is 2.00. The minimum absolute atomic E-state index is 0.136. The fourth-order valence-corrected chi connectivity index (χ4v) is 1.60. The molecule has 3 N–H and O–H groups in total. The van der Waals surface area contributed by atoms with E-state index in [0.717, 1.165) is 32.2 Å². The Labute approximate surface area is 115 Å². The van der Waals surface area contributed by atoms with Gasteiger partial charge in [-0.1, -0.05) is 6.42 Å². The van der Waals surface area contributed by atoms with Crippen LogP contribution in [0.4, 0.5) is 4.79 Å².